The zero-order valence-electron chi connectivity index (χ0n) is 13.8. The number of carbonyl (C=O) groups is 2. The molecule has 2 aromatic rings. The van der Waals surface area contributed by atoms with E-state index >= 15 is 0 Å². The third kappa shape index (κ3) is 5.57. The molecule has 1 atom stereocenters. The maximum absolute atomic E-state index is 11.8. The second kappa shape index (κ2) is 9.33. The smallest absolute Gasteiger partial charge is 0.308 e. The molecule has 1 unspecified atom stereocenters. The summed E-state index contributed by atoms with van der Waals surface area (Å²) in [4.78, 5) is 23.2. The Balaban J connectivity index is 1.94. The van der Waals surface area contributed by atoms with Crippen LogP contribution in [0.25, 0.3) is 10.8 Å². The molecule has 0 aliphatic carbocycles. The van der Waals surface area contributed by atoms with Crippen molar-refractivity contribution in [2.75, 3.05) is 18.6 Å². The minimum Gasteiger partial charge on any atom is -0.481 e. The molecule has 2 rings (SSSR count). The van der Waals surface area contributed by atoms with Crippen LogP contribution in [-0.2, 0) is 16.0 Å². The van der Waals surface area contributed by atoms with Crippen molar-refractivity contribution in [3.63, 3.8) is 0 Å². The maximum atomic E-state index is 11.8. The van der Waals surface area contributed by atoms with Gasteiger partial charge in [-0.05, 0) is 41.2 Å². The van der Waals surface area contributed by atoms with Crippen LogP contribution in [0.2, 0.25) is 0 Å². The predicted molar refractivity (Wildman–Crippen MR) is 99.4 cm³/mol. The van der Waals surface area contributed by atoms with Gasteiger partial charge < -0.3 is 10.4 Å². The Kier molecular flexibility index (Phi) is 7.12. The van der Waals surface area contributed by atoms with Gasteiger partial charge in [0.25, 0.3) is 0 Å². The van der Waals surface area contributed by atoms with Crippen LogP contribution in [0, 0.1) is 5.92 Å². The van der Waals surface area contributed by atoms with Crippen LogP contribution in [0.1, 0.15) is 18.4 Å². The number of carbonyl (C=O) groups excluding carboxylic acids is 1. The number of nitrogens with one attached hydrogen (secondary N) is 1. The zero-order valence-corrected chi connectivity index (χ0v) is 14.6. The van der Waals surface area contributed by atoms with E-state index in [1.54, 1.807) is 11.8 Å². The van der Waals surface area contributed by atoms with Crippen molar-refractivity contribution < 1.29 is 14.7 Å². The predicted octanol–water partition coefficient (Wildman–Crippen LogP) is 3.34. The molecule has 0 bridgehead atoms. The van der Waals surface area contributed by atoms with Crippen molar-refractivity contribution in [1.29, 1.82) is 0 Å². The number of carboxylic acid groups (broad SMARTS) is 1. The summed E-state index contributed by atoms with van der Waals surface area (Å²) in [5, 5.41) is 14.4. The molecule has 0 heterocycles. The fourth-order valence-electron chi connectivity index (χ4n) is 2.60. The largest absolute Gasteiger partial charge is 0.481 e. The van der Waals surface area contributed by atoms with E-state index < -0.39 is 11.9 Å². The lowest BCUT2D eigenvalue weighted by atomic mass is 9.97. The van der Waals surface area contributed by atoms with Gasteiger partial charge in [0.15, 0.2) is 0 Å². The van der Waals surface area contributed by atoms with E-state index in [0.717, 1.165) is 28.5 Å². The van der Waals surface area contributed by atoms with E-state index in [2.05, 4.69) is 5.32 Å². The second-order valence-electron chi connectivity index (χ2n) is 5.82. The molecule has 5 heteroatoms. The molecular weight excluding hydrogens is 322 g/mol. The fourth-order valence-corrected chi connectivity index (χ4v) is 3.03. The zero-order chi connectivity index (χ0) is 17.4. The van der Waals surface area contributed by atoms with Gasteiger partial charge in [-0.2, -0.15) is 11.8 Å². The first kappa shape index (κ1) is 18.3. The fraction of sp³-hybridized carbons (Fsp3) is 0.368. The summed E-state index contributed by atoms with van der Waals surface area (Å²) in [6, 6.07) is 14.0. The minimum absolute atomic E-state index is 0.0752. The highest BCUT2D eigenvalue weighted by Gasteiger charge is 2.19. The molecule has 0 aromatic heterocycles. The number of fused-ring (bicyclic) bond motifs is 1. The Morgan fingerprint density at radius 1 is 1.17 bits per heavy atom. The molecule has 0 spiro atoms. The summed E-state index contributed by atoms with van der Waals surface area (Å²) < 4.78 is 0. The normalized spacial score (nSPS) is 12.0. The van der Waals surface area contributed by atoms with Crippen LogP contribution >= 0.6 is 11.8 Å². The molecule has 0 fully saturated rings. The third-order valence-corrected chi connectivity index (χ3v) is 4.64. The van der Waals surface area contributed by atoms with E-state index in [1.807, 2.05) is 48.7 Å². The average Bonchev–Trinajstić information content (AvgIpc) is 2.58. The Labute approximate surface area is 146 Å². The standard InChI is InChI=1S/C19H23NO3S/c1-24-10-4-7-18(21)20-13-17(19(22)23)12-14-8-9-15-5-2-3-6-16(15)11-14/h2-3,5-6,8-9,11,17H,4,7,10,12-13H2,1H3,(H,20,21)(H,22,23). The molecular formula is C19H23NO3S. The van der Waals surface area contributed by atoms with Crippen LogP contribution in [0.15, 0.2) is 42.5 Å². The number of benzene rings is 2. The maximum Gasteiger partial charge on any atom is 0.308 e. The van der Waals surface area contributed by atoms with Gasteiger partial charge in [0.2, 0.25) is 5.91 Å². The molecule has 1 amide bonds. The molecule has 24 heavy (non-hydrogen) atoms. The Hall–Kier alpha value is -2.01. The van der Waals surface area contributed by atoms with Crippen LogP contribution in [-0.4, -0.2) is 35.5 Å². The minimum atomic E-state index is -0.882. The van der Waals surface area contributed by atoms with E-state index in [0.29, 0.717) is 12.8 Å². The van der Waals surface area contributed by atoms with Crippen molar-refractivity contribution in [3.05, 3.63) is 48.0 Å². The number of amides is 1. The van der Waals surface area contributed by atoms with Gasteiger partial charge in [-0.25, -0.2) is 0 Å². The van der Waals surface area contributed by atoms with Gasteiger partial charge in [-0.3, -0.25) is 9.59 Å². The highest BCUT2D eigenvalue weighted by molar-refractivity contribution is 7.98. The summed E-state index contributed by atoms with van der Waals surface area (Å²) in [6.45, 7) is 0.167. The topological polar surface area (TPSA) is 66.4 Å². The van der Waals surface area contributed by atoms with Gasteiger partial charge >= 0.3 is 5.97 Å². The Bertz CT molecular complexity index is 702. The number of carboxylic acids is 1. The number of rotatable bonds is 9. The first-order valence-corrected chi connectivity index (χ1v) is 9.45. The molecule has 0 radical (unpaired) electrons. The van der Waals surface area contributed by atoms with Crippen molar-refractivity contribution in [2.45, 2.75) is 19.3 Å². The van der Waals surface area contributed by atoms with Crippen molar-refractivity contribution in [2.24, 2.45) is 5.92 Å². The van der Waals surface area contributed by atoms with E-state index in [1.165, 1.54) is 0 Å². The molecule has 2 N–H and O–H groups in total. The van der Waals surface area contributed by atoms with Crippen LogP contribution in [0.5, 0.6) is 0 Å². The summed E-state index contributed by atoms with van der Waals surface area (Å²) >= 11 is 1.70. The highest BCUT2D eigenvalue weighted by Crippen LogP contribution is 2.18. The first-order valence-electron chi connectivity index (χ1n) is 8.06. The summed E-state index contributed by atoms with van der Waals surface area (Å²) in [6.07, 6.45) is 3.67. The van der Waals surface area contributed by atoms with Crippen LogP contribution < -0.4 is 5.32 Å². The van der Waals surface area contributed by atoms with Crippen LogP contribution in [0.4, 0.5) is 0 Å². The van der Waals surface area contributed by atoms with E-state index in [9.17, 15) is 14.7 Å². The van der Waals surface area contributed by atoms with Gasteiger partial charge in [0.05, 0.1) is 5.92 Å². The SMILES string of the molecule is CSCCCC(=O)NCC(Cc1ccc2ccccc2c1)C(=O)O. The number of thioether (sulfide) groups is 1. The summed E-state index contributed by atoms with van der Waals surface area (Å²) in [5.74, 6) is -0.635. The molecule has 128 valence electrons. The molecule has 0 saturated carbocycles. The van der Waals surface area contributed by atoms with Gasteiger partial charge in [-0.1, -0.05) is 42.5 Å². The van der Waals surface area contributed by atoms with Crippen molar-refractivity contribution >= 4 is 34.4 Å². The third-order valence-electron chi connectivity index (χ3n) is 3.94. The lowest BCUT2D eigenvalue weighted by Gasteiger charge is -2.14. The molecule has 0 aliphatic heterocycles. The van der Waals surface area contributed by atoms with Crippen molar-refractivity contribution in [1.82, 2.24) is 5.32 Å². The van der Waals surface area contributed by atoms with E-state index in [4.69, 9.17) is 0 Å². The van der Waals surface area contributed by atoms with Gasteiger partial charge in [0.1, 0.15) is 0 Å². The summed E-state index contributed by atoms with van der Waals surface area (Å²) in [5.41, 5.74) is 0.970. The molecule has 2 aromatic carbocycles. The quantitative estimate of drug-likeness (QED) is 0.684. The van der Waals surface area contributed by atoms with Gasteiger partial charge in [0, 0.05) is 13.0 Å². The van der Waals surface area contributed by atoms with Gasteiger partial charge in [-0.15, -0.1) is 0 Å². The average molecular weight is 345 g/mol. The highest BCUT2D eigenvalue weighted by atomic mass is 32.2. The second-order valence-corrected chi connectivity index (χ2v) is 6.81. The number of aliphatic carboxylic acids is 1. The van der Waals surface area contributed by atoms with Crippen LogP contribution in [0.3, 0.4) is 0 Å². The lowest BCUT2D eigenvalue weighted by molar-refractivity contribution is -0.141. The number of hydrogen-bond donors (Lipinski definition) is 2. The first-order chi connectivity index (χ1) is 11.6. The monoisotopic (exact) mass is 345 g/mol. The number of hydrogen-bond acceptors (Lipinski definition) is 3. The lowest BCUT2D eigenvalue weighted by Crippen LogP contribution is -2.34. The molecule has 0 aliphatic rings. The molecule has 0 saturated heterocycles. The Morgan fingerprint density at radius 2 is 1.92 bits per heavy atom. The Morgan fingerprint density at radius 3 is 2.62 bits per heavy atom. The van der Waals surface area contributed by atoms with Crippen molar-refractivity contribution in [3.8, 4) is 0 Å². The summed E-state index contributed by atoms with van der Waals surface area (Å²) in [7, 11) is 0. The van der Waals surface area contributed by atoms with E-state index in [-0.39, 0.29) is 12.5 Å². The molecule has 4 nitrogen and oxygen atoms in total.